The standard InChI is InChI=1S/C24H23NO4S/c1-3-18-15-22(24(26)27)23(21-10-6-8-17-7-4-5-9-20(17)21)25(18)30(28,29)19-13-11-16(2)12-14-19/h4-15,18,23H,3H2,1-2H3,(H,26,27)/t18-,23+/m1/s1. The smallest absolute Gasteiger partial charge is 0.333 e. The van der Waals surface area contributed by atoms with Crippen molar-refractivity contribution < 1.29 is 18.3 Å². The van der Waals surface area contributed by atoms with Gasteiger partial charge in [-0.15, -0.1) is 0 Å². The number of hydrogen-bond donors (Lipinski definition) is 1. The van der Waals surface area contributed by atoms with Crippen LogP contribution in [-0.4, -0.2) is 29.8 Å². The summed E-state index contributed by atoms with van der Waals surface area (Å²) in [6, 6.07) is 18.5. The quantitative estimate of drug-likeness (QED) is 0.649. The molecule has 0 amide bonds. The van der Waals surface area contributed by atoms with Crippen LogP contribution in [0.15, 0.2) is 83.3 Å². The van der Waals surface area contributed by atoms with Crippen molar-refractivity contribution in [2.45, 2.75) is 37.2 Å². The van der Waals surface area contributed by atoms with Crippen LogP contribution in [0.4, 0.5) is 0 Å². The van der Waals surface area contributed by atoms with E-state index in [2.05, 4.69) is 0 Å². The lowest BCUT2D eigenvalue weighted by molar-refractivity contribution is -0.133. The number of benzene rings is 3. The average Bonchev–Trinajstić information content (AvgIpc) is 3.14. The van der Waals surface area contributed by atoms with Gasteiger partial charge in [-0.25, -0.2) is 13.2 Å². The molecule has 30 heavy (non-hydrogen) atoms. The van der Waals surface area contributed by atoms with Gasteiger partial charge in [0.25, 0.3) is 0 Å². The Hall–Kier alpha value is -2.96. The molecule has 0 aliphatic carbocycles. The molecule has 3 aromatic rings. The molecule has 5 nitrogen and oxygen atoms in total. The van der Waals surface area contributed by atoms with E-state index in [-0.39, 0.29) is 10.5 Å². The van der Waals surface area contributed by atoms with Gasteiger partial charge >= 0.3 is 5.97 Å². The first-order valence-corrected chi connectivity index (χ1v) is 11.3. The number of nitrogens with zero attached hydrogens (tertiary/aromatic N) is 1. The third-order valence-corrected chi connectivity index (χ3v) is 7.53. The first-order valence-electron chi connectivity index (χ1n) is 9.87. The molecule has 1 aliphatic heterocycles. The molecule has 2 atom stereocenters. The van der Waals surface area contributed by atoms with E-state index < -0.39 is 28.1 Å². The number of carbonyl (C=O) groups is 1. The van der Waals surface area contributed by atoms with Crippen molar-refractivity contribution >= 4 is 26.8 Å². The third-order valence-electron chi connectivity index (χ3n) is 5.63. The highest BCUT2D eigenvalue weighted by Crippen LogP contribution is 2.43. The number of sulfonamides is 1. The molecule has 0 fully saturated rings. The zero-order valence-corrected chi connectivity index (χ0v) is 17.6. The summed E-state index contributed by atoms with van der Waals surface area (Å²) in [5.41, 5.74) is 1.72. The van der Waals surface area contributed by atoms with E-state index in [4.69, 9.17) is 0 Å². The molecule has 0 bridgehead atoms. The highest BCUT2D eigenvalue weighted by Gasteiger charge is 2.45. The molecule has 6 heteroatoms. The van der Waals surface area contributed by atoms with E-state index in [1.807, 2.05) is 56.3 Å². The lowest BCUT2D eigenvalue weighted by Gasteiger charge is -2.31. The minimum absolute atomic E-state index is 0.0916. The maximum absolute atomic E-state index is 13.7. The Bertz CT molecular complexity index is 1240. The van der Waals surface area contributed by atoms with Crippen molar-refractivity contribution in [2.24, 2.45) is 0 Å². The van der Waals surface area contributed by atoms with Gasteiger partial charge in [0.1, 0.15) is 0 Å². The number of aliphatic carboxylic acids is 1. The molecular formula is C24H23NO4S. The predicted octanol–water partition coefficient (Wildman–Crippen LogP) is 4.68. The Morgan fingerprint density at radius 2 is 1.67 bits per heavy atom. The summed E-state index contributed by atoms with van der Waals surface area (Å²) in [6.07, 6.45) is 2.06. The third kappa shape index (κ3) is 3.32. The van der Waals surface area contributed by atoms with Gasteiger partial charge in [0.2, 0.25) is 10.0 Å². The van der Waals surface area contributed by atoms with Gasteiger partial charge in [0.15, 0.2) is 0 Å². The molecule has 0 aromatic heterocycles. The summed E-state index contributed by atoms with van der Waals surface area (Å²) in [5, 5.41) is 11.7. The fraction of sp³-hybridized carbons (Fsp3) is 0.208. The van der Waals surface area contributed by atoms with Gasteiger partial charge in [0.05, 0.1) is 16.5 Å². The van der Waals surface area contributed by atoms with Crippen LogP contribution in [-0.2, 0) is 14.8 Å². The highest BCUT2D eigenvalue weighted by atomic mass is 32.2. The summed E-state index contributed by atoms with van der Waals surface area (Å²) < 4.78 is 28.8. The Labute approximate surface area is 176 Å². The molecule has 3 aromatic carbocycles. The molecule has 0 saturated heterocycles. The van der Waals surface area contributed by atoms with Crippen molar-refractivity contribution in [3.63, 3.8) is 0 Å². The Kier molecular flexibility index (Phi) is 5.22. The van der Waals surface area contributed by atoms with E-state index >= 15 is 0 Å². The SMILES string of the molecule is CC[C@@H]1C=C(C(=O)O)[C@H](c2cccc3ccccc23)N1S(=O)(=O)c1ccc(C)cc1. The lowest BCUT2D eigenvalue weighted by Crippen LogP contribution is -2.38. The number of fused-ring (bicyclic) bond motifs is 1. The fourth-order valence-electron chi connectivity index (χ4n) is 4.13. The largest absolute Gasteiger partial charge is 0.478 e. The van der Waals surface area contributed by atoms with Crippen LogP contribution < -0.4 is 0 Å². The zero-order valence-electron chi connectivity index (χ0n) is 16.8. The molecule has 0 unspecified atom stereocenters. The van der Waals surface area contributed by atoms with Crippen LogP contribution in [0.25, 0.3) is 10.8 Å². The maximum Gasteiger partial charge on any atom is 0.333 e. The minimum Gasteiger partial charge on any atom is -0.478 e. The van der Waals surface area contributed by atoms with Gasteiger partial charge in [-0.1, -0.05) is 73.2 Å². The number of hydrogen-bond acceptors (Lipinski definition) is 3. The summed E-state index contributed by atoms with van der Waals surface area (Å²) in [7, 11) is -3.93. The minimum atomic E-state index is -3.93. The molecule has 1 heterocycles. The topological polar surface area (TPSA) is 74.7 Å². The number of aryl methyl sites for hydroxylation is 1. The number of carboxylic acids is 1. The second-order valence-electron chi connectivity index (χ2n) is 7.52. The van der Waals surface area contributed by atoms with Crippen LogP contribution in [0.2, 0.25) is 0 Å². The summed E-state index contributed by atoms with van der Waals surface area (Å²) in [4.78, 5) is 12.3. The monoisotopic (exact) mass is 421 g/mol. The van der Waals surface area contributed by atoms with Crippen LogP contribution >= 0.6 is 0 Å². The van der Waals surface area contributed by atoms with Crippen LogP contribution in [0.3, 0.4) is 0 Å². The van der Waals surface area contributed by atoms with Crippen molar-refractivity contribution in [2.75, 3.05) is 0 Å². The van der Waals surface area contributed by atoms with Crippen molar-refractivity contribution in [3.05, 3.63) is 89.5 Å². The molecular weight excluding hydrogens is 398 g/mol. The normalized spacial score (nSPS) is 19.7. The summed E-state index contributed by atoms with van der Waals surface area (Å²) >= 11 is 0. The van der Waals surface area contributed by atoms with Gasteiger partial charge in [-0.3, -0.25) is 0 Å². The second-order valence-corrected chi connectivity index (χ2v) is 9.36. The number of carboxylic acid groups (broad SMARTS) is 1. The van der Waals surface area contributed by atoms with Crippen molar-refractivity contribution in [1.82, 2.24) is 4.31 Å². The molecule has 1 N–H and O–H groups in total. The van der Waals surface area contributed by atoms with E-state index in [1.54, 1.807) is 30.3 Å². The molecule has 154 valence electrons. The Balaban J connectivity index is 1.95. The van der Waals surface area contributed by atoms with Gasteiger partial charge < -0.3 is 5.11 Å². The van der Waals surface area contributed by atoms with Crippen LogP contribution in [0.1, 0.15) is 30.5 Å². The second kappa shape index (κ2) is 7.70. The van der Waals surface area contributed by atoms with Gasteiger partial charge in [0, 0.05) is 6.04 Å². The van der Waals surface area contributed by atoms with Gasteiger partial charge in [-0.05, 0) is 41.8 Å². The first kappa shape index (κ1) is 20.3. The Morgan fingerprint density at radius 1 is 1.00 bits per heavy atom. The lowest BCUT2D eigenvalue weighted by atomic mass is 9.95. The maximum atomic E-state index is 13.7. The molecule has 0 radical (unpaired) electrons. The molecule has 1 aliphatic rings. The average molecular weight is 422 g/mol. The molecule has 0 saturated carbocycles. The van der Waals surface area contributed by atoms with Crippen LogP contribution in [0.5, 0.6) is 0 Å². The highest BCUT2D eigenvalue weighted by molar-refractivity contribution is 7.89. The Morgan fingerprint density at radius 3 is 2.33 bits per heavy atom. The number of rotatable bonds is 5. The van der Waals surface area contributed by atoms with Gasteiger partial charge in [-0.2, -0.15) is 4.31 Å². The summed E-state index contributed by atoms with van der Waals surface area (Å²) in [5.74, 6) is -1.10. The zero-order chi connectivity index (χ0) is 21.5. The molecule has 0 spiro atoms. The van der Waals surface area contributed by atoms with Crippen LogP contribution in [0, 0.1) is 6.92 Å². The van der Waals surface area contributed by atoms with Crippen molar-refractivity contribution in [3.8, 4) is 0 Å². The van der Waals surface area contributed by atoms with E-state index in [9.17, 15) is 18.3 Å². The van der Waals surface area contributed by atoms with E-state index in [0.717, 1.165) is 16.3 Å². The molecule has 4 rings (SSSR count). The van der Waals surface area contributed by atoms with E-state index in [0.29, 0.717) is 12.0 Å². The predicted molar refractivity (Wildman–Crippen MR) is 117 cm³/mol. The fourth-order valence-corrected chi connectivity index (χ4v) is 5.92. The van der Waals surface area contributed by atoms with Crippen molar-refractivity contribution in [1.29, 1.82) is 0 Å². The summed E-state index contributed by atoms with van der Waals surface area (Å²) in [6.45, 7) is 3.76. The first-order chi connectivity index (χ1) is 14.3. The van der Waals surface area contributed by atoms with E-state index in [1.165, 1.54) is 4.31 Å².